The van der Waals surface area contributed by atoms with E-state index in [1.165, 1.54) is 0 Å². The van der Waals surface area contributed by atoms with Gasteiger partial charge in [0.25, 0.3) is 0 Å². The van der Waals surface area contributed by atoms with Gasteiger partial charge in [-0.3, -0.25) is 0 Å². The number of rotatable bonds is 2. The fourth-order valence-electron chi connectivity index (χ4n) is 4.94. The van der Waals surface area contributed by atoms with Crippen LogP contribution in [0.3, 0.4) is 0 Å². The van der Waals surface area contributed by atoms with Crippen LogP contribution in [-0.4, -0.2) is 45.3 Å². The van der Waals surface area contributed by atoms with Gasteiger partial charge in [-0.1, -0.05) is 20.8 Å². The van der Waals surface area contributed by atoms with Crippen LogP contribution in [0.15, 0.2) is 0 Å². The molecule has 5 unspecified atom stereocenters. The van der Waals surface area contributed by atoms with E-state index in [1.807, 2.05) is 0 Å². The van der Waals surface area contributed by atoms with Gasteiger partial charge in [0.05, 0.1) is 18.3 Å². The first-order chi connectivity index (χ1) is 8.72. The average molecular weight is 272 g/mol. The molecule has 0 amide bonds. The third kappa shape index (κ3) is 2.04. The van der Waals surface area contributed by atoms with Crippen molar-refractivity contribution in [2.24, 2.45) is 22.7 Å². The molecule has 4 nitrogen and oxygen atoms in total. The van der Waals surface area contributed by atoms with Crippen LogP contribution in [0.2, 0.25) is 0 Å². The van der Waals surface area contributed by atoms with E-state index in [0.29, 0.717) is 12.8 Å². The predicted octanol–water partition coefficient (Wildman–Crippen LogP) is 0.915. The van der Waals surface area contributed by atoms with E-state index in [1.54, 1.807) is 0 Å². The summed E-state index contributed by atoms with van der Waals surface area (Å²) in [6.45, 7) is 5.85. The number of aliphatic hydroxyl groups excluding tert-OH is 3. The van der Waals surface area contributed by atoms with E-state index in [4.69, 9.17) is 0 Å². The molecule has 2 fully saturated rings. The largest absolute Gasteiger partial charge is 0.396 e. The van der Waals surface area contributed by atoms with Crippen molar-refractivity contribution in [3.8, 4) is 0 Å². The lowest BCUT2D eigenvalue weighted by molar-refractivity contribution is -0.218. The second kappa shape index (κ2) is 4.69. The topological polar surface area (TPSA) is 80.9 Å². The van der Waals surface area contributed by atoms with Gasteiger partial charge >= 0.3 is 0 Å². The SMILES string of the molecule is CC1(C)C(O)CCC2(C)C(CO)C(O)(CO)CCC12. The predicted molar refractivity (Wildman–Crippen MR) is 72.5 cm³/mol. The molecule has 5 atom stereocenters. The Balaban J connectivity index is 2.40. The molecule has 0 aromatic rings. The summed E-state index contributed by atoms with van der Waals surface area (Å²) in [6.07, 6.45) is 2.43. The van der Waals surface area contributed by atoms with E-state index >= 15 is 0 Å². The lowest BCUT2D eigenvalue weighted by Gasteiger charge is -2.62. The third-order valence-corrected chi connectivity index (χ3v) is 6.28. The van der Waals surface area contributed by atoms with Crippen molar-refractivity contribution in [1.29, 1.82) is 0 Å². The van der Waals surface area contributed by atoms with Crippen LogP contribution in [0.4, 0.5) is 0 Å². The van der Waals surface area contributed by atoms with Crippen molar-refractivity contribution in [1.82, 2.24) is 0 Å². The molecule has 0 radical (unpaired) electrons. The van der Waals surface area contributed by atoms with Gasteiger partial charge in [0.1, 0.15) is 0 Å². The van der Waals surface area contributed by atoms with Crippen LogP contribution in [0.1, 0.15) is 46.5 Å². The minimum Gasteiger partial charge on any atom is -0.396 e. The zero-order chi connectivity index (χ0) is 14.5. The average Bonchev–Trinajstić information content (AvgIpc) is 2.34. The van der Waals surface area contributed by atoms with Crippen molar-refractivity contribution < 1.29 is 20.4 Å². The molecule has 0 aromatic carbocycles. The Kier molecular flexibility index (Phi) is 3.76. The summed E-state index contributed by atoms with van der Waals surface area (Å²) in [7, 11) is 0. The molecular weight excluding hydrogens is 244 g/mol. The zero-order valence-electron chi connectivity index (χ0n) is 12.3. The van der Waals surface area contributed by atoms with Gasteiger partial charge < -0.3 is 20.4 Å². The molecule has 0 aliphatic heterocycles. The minimum absolute atomic E-state index is 0.115. The van der Waals surface area contributed by atoms with Crippen LogP contribution in [0, 0.1) is 22.7 Å². The van der Waals surface area contributed by atoms with Gasteiger partial charge in [-0.2, -0.15) is 0 Å². The zero-order valence-corrected chi connectivity index (χ0v) is 12.3. The van der Waals surface area contributed by atoms with E-state index < -0.39 is 5.60 Å². The number of aliphatic hydroxyl groups is 4. The molecule has 0 spiro atoms. The van der Waals surface area contributed by atoms with Crippen LogP contribution < -0.4 is 0 Å². The first-order valence-corrected chi connectivity index (χ1v) is 7.34. The highest BCUT2D eigenvalue weighted by molar-refractivity contribution is 5.10. The molecule has 2 aliphatic carbocycles. The molecule has 2 aliphatic rings. The normalized spacial score (nSPS) is 49.7. The minimum atomic E-state index is -1.18. The van der Waals surface area contributed by atoms with Crippen LogP contribution in [-0.2, 0) is 0 Å². The summed E-state index contributed by atoms with van der Waals surface area (Å²) in [5.74, 6) is -0.0664. The molecule has 2 saturated carbocycles. The van der Waals surface area contributed by atoms with Gasteiger partial charge in [0.2, 0.25) is 0 Å². The Morgan fingerprint density at radius 2 is 1.68 bits per heavy atom. The summed E-state index contributed by atoms with van der Waals surface area (Å²) in [5.41, 5.74) is -1.62. The molecule has 0 saturated heterocycles. The van der Waals surface area contributed by atoms with Gasteiger partial charge in [-0.15, -0.1) is 0 Å². The molecule has 19 heavy (non-hydrogen) atoms. The van der Waals surface area contributed by atoms with Gasteiger partial charge in [-0.25, -0.2) is 0 Å². The Morgan fingerprint density at radius 1 is 1.05 bits per heavy atom. The smallest absolute Gasteiger partial charge is 0.0932 e. The van der Waals surface area contributed by atoms with E-state index in [-0.39, 0.29) is 42.0 Å². The molecular formula is C15H28O4. The van der Waals surface area contributed by atoms with E-state index in [0.717, 1.165) is 12.8 Å². The molecule has 4 N–H and O–H groups in total. The molecule has 0 bridgehead atoms. The Hall–Kier alpha value is -0.160. The molecule has 4 heteroatoms. The highest BCUT2D eigenvalue weighted by Gasteiger charge is 2.61. The highest BCUT2D eigenvalue weighted by atomic mass is 16.3. The lowest BCUT2D eigenvalue weighted by Crippen LogP contribution is -2.63. The molecule has 0 aromatic heterocycles. The van der Waals surface area contributed by atoms with Crippen molar-refractivity contribution in [2.75, 3.05) is 13.2 Å². The van der Waals surface area contributed by atoms with Crippen molar-refractivity contribution in [3.63, 3.8) is 0 Å². The number of hydrogen-bond acceptors (Lipinski definition) is 4. The van der Waals surface area contributed by atoms with Crippen molar-refractivity contribution in [2.45, 2.75) is 58.2 Å². The van der Waals surface area contributed by atoms with Crippen LogP contribution >= 0.6 is 0 Å². The van der Waals surface area contributed by atoms with Crippen LogP contribution in [0.25, 0.3) is 0 Å². The fraction of sp³-hybridized carbons (Fsp3) is 1.00. The number of hydrogen-bond donors (Lipinski definition) is 4. The molecule has 112 valence electrons. The van der Waals surface area contributed by atoms with Gasteiger partial charge in [-0.05, 0) is 42.4 Å². The monoisotopic (exact) mass is 272 g/mol. The van der Waals surface area contributed by atoms with Crippen molar-refractivity contribution in [3.05, 3.63) is 0 Å². The lowest BCUT2D eigenvalue weighted by atomic mass is 9.45. The maximum absolute atomic E-state index is 10.6. The Labute approximate surface area is 115 Å². The molecule has 2 rings (SSSR count). The summed E-state index contributed by atoms with van der Waals surface area (Å²) in [5, 5.41) is 40.2. The van der Waals surface area contributed by atoms with Crippen molar-refractivity contribution >= 4 is 0 Å². The first kappa shape index (κ1) is 15.2. The summed E-state index contributed by atoms with van der Waals surface area (Å²) < 4.78 is 0. The van der Waals surface area contributed by atoms with E-state index in [2.05, 4.69) is 20.8 Å². The Bertz CT molecular complexity index is 334. The highest BCUT2D eigenvalue weighted by Crippen LogP contribution is 2.61. The Morgan fingerprint density at radius 3 is 2.21 bits per heavy atom. The summed E-state index contributed by atoms with van der Waals surface area (Å²) in [6, 6.07) is 0. The second-order valence-corrected chi connectivity index (χ2v) is 7.47. The summed E-state index contributed by atoms with van der Waals surface area (Å²) in [4.78, 5) is 0. The van der Waals surface area contributed by atoms with E-state index in [9.17, 15) is 20.4 Å². The van der Waals surface area contributed by atoms with Gasteiger partial charge in [0.15, 0.2) is 0 Å². The standard InChI is InChI=1S/C15H28O4/c1-13(2)10-4-7-15(19,9-17)11(8-16)14(10,3)6-5-12(13)18/h10-12,16-19H,4-9H2,1-3H3. The van der Waals surface area contributed by atoms with Crippen LogP contribution in [0.5, 0.6) is 0 Å². The number of fused-ring (bicyclic) bond motifs is 1. The third-order valence-electron chi connectivity index (χ3n) is 6.28. The second-order valence-electron chi connectivity index (χ2n) is 7.47. The quantitative estimate of drug-likeness (QED) is 0.602. The summed E-state index contributed by atoms with van der Waals surface area (Å²) >= 11 is 0. The maximum Gasteiger partial charge on any atom is 0.0932 e. The maximum atomic E-state index is 10.6. The molecule has 0 heterocycles. The van der Waals surface area contributed by atoms with Gasteiger partial charge in [0, 0.05) is 12.5 Å². The fourth-order valence-corrected chi connectivity index (χ4v) is 4.94. The first-order valence-electron chi connectivity index (χ1n) is 7.34.